The minimum atomic E-state index is -1.00. The average molecular weight is 285 g/mol. The maximum absolute atomic E-state index is 11.7. The van der Waals surface area contributed by atoms with Crippen LogP contribution in [0.5, 0.6) is 0 Å². The van der Waals surface area contributed by atoms with Crippen molar-refractivity contribution in [2.75, 3.05) is 20.1 Å². The first-order chi connectivity index (χ1) is 9.41. The van der Waals surface area contributed by atoms with Gasteiger partial charge >= 0.3 is 12.0 Å². The van der Waals surface area contributed by atoms with Gasteiger partial charge in [0.15, 0.2) is 0 Å². The van der Waals surface area contributed by atoms with Gasteiger partial charge in [-0.1, -0.05) is 26.7 Å². The molecule has 6 nitrogen and oxygen atoms in total. The number of aliphatic carboxylic acids is 1. The molecule has 0 aromatic heterocycles. The lowest BCUT2D eigenvalue weighted by Gasteiger charge is -2.24. The molecule has 6 heteroatoms. The Balaban J connectivity index is 2.23. The number of rotatable bonds is 7. The van der Waals surface area contributed by atoms with Gasteiger partial charge in [0.25, 0.3) is 0 Å². The fourth-order valence-electron chi connectivity index (χ4n) is 2.58. The van der Waals surface area contributed by atoms with Crippen LogP contribution in [0, 0.1) is 5.92 Å². The molecule has 0 aromatic rings. The summed E-state index contributed by atoms with van der Waals surface area (Å²) >= 11 is 0. The van der Waals surface area contributed by atoms with Crippen LogP contribution < -0.4 is 10.6 Å². The Hall–Kier alpha value is -1.30. The van der Waals surface area contributed by atoms with Crippen LogP contribution in [0.4, 0.5) is 4.79 Å². The van der Waals surface area contributed by atoms with Crippen LogP contribution >= 0.6 is 0 Å². The van der Waals surface area contributed by atoms with Crippen LogP contribution in [0.1, 0.15) is 39.5 Å². The molecule has 0 radical (unpaired) electrons. The molecular formula is C14H27N3O3. The highest BCUT2D eigenvalue weighted by Gasteiger charge is 2.23. The van der Waals surface area contributed by atoms with Crippen molar-refractivity contribution >= 4 is 12.0 Å². The number of carboxylic acid groups (broad SMARTS) is 1. The molecule has 1 aliphatic rings. The monoisotopic (exact) mass is 285 g/mol. The van der Waals surface area contributed by atoms with Crippen LogP contribution in [-0.2, 0) is 4.79 Å². The average Bonchev–Trinajstić information content (AvgIpc) is 2.88. The summed E-state index contributed by atoms with van der Waals surface area (Å²) in [7, 11) is 2.07. The van der Waals surface area contributed by atoms with E-state index in [-0.39, 0.29) is 5.92 Å². The zero-order valence-electron chi connectivity index (χ0n) is 12.7. The number of amides is 2. The van der Waals surface area contributed by atoms with Crippen LogP contribution in [-0.4, -0.2) is 54.2 Å². The molecule has 3 N–H and O–H groups in total. The highest BCUT2D eigenvalue weighted by atomic mass is 16.4. The third-order valence-electron chi connectivity index (χ3n) is 3.92. The summed E-state index contributed by atoms with van der Waals surface area (Å²) in [6.45, 7) is 4.86. The first-order valence-corrected chi connectivity index (χ1v) is 7.39. The molecule has 1 aliphatic carbocycles. The molecule has 0 aromatic carbocycles. The second-order valence-corrected chi connectivity index (χ2v) is 5.88. The first kappa shape index (κ1) is 16.8. The van der Waals surface area contributed by atoms with E-state index in [4.69, 9.17) is 5.11 Å². The van der Waals surface area contributed by atoms with Crippen molar-refractivity contribution in [3.8, 4) is 0 Å². The normalized spacial score (nSPS) is 17.4. The quantitative estimate of drug-likeness (QED) is 0.658. The molecule has 1 atom stereocenters. The Labute approximate surface area is 120 Å². The number of carboxylic acids is 1. The van der Waals surface area contributed by atoms with Gasteiger partial charge in [-0.15, -0.1) is 0 Å². The molecule has 1 saturated carbocycles. The predicted molar refractivity (Wildman–Crippen MR) is 77.7 cm³/mol. The lowest BCUT2D eigenvalue weighted by atomic mass is 10.1. The van der Waals surface area contributed by atoms with Gasteiger partial charge in [-0.05, 0) is 25.8 Å². The van der Waals surface area contributed by atoms with Crippen molar-refractivity contribution < 1.29 is 14.7 Å². The number of carbonyl (C=O) groups is 2. The first-order valence-electron chi connectivity index (χ1n) is 7.39. The van der Waals surface area contributed by atoms with Gasteiger partial charge < -0.3 is 20.6 Å². The molecule has 116 valence electrons. The van der Waals surface area contributed by atoms with Gasteiger partial charge in [-0.3, -0.25) is 0 Å². The number of carbonyl (C=O) groups excluding carboxylic acids is 1. The Morgan fingerprint density at radius 1 is 1.30 bits per heavy atom. The van der Waals surface area contributed by atoms with Crippen LogP contribution in [0.2, 0.25) is 0 Å². The van der Waals surface area contributed by atoms with Gasteiger partial charge in [-0.25, -0.2) is 9.59 Å². The summed E-state index contributed by atoms with van der Waals surface area (Å²) in [5.41, 5.74) is 0. The molecule has 0 unspecified atom stereocenters. The molecular weight excluding hydrogens is 258 g/mol. The van der Waals surface area contributed by atoms with E-state index in [1.165, 1.54) is 25.7 Å². The van der Waals surface area contributed by atoms with E-state index >= 15 is 0 Å². The minimum absolute atomic E-state index is 0.139. The van der Waals surface area contributed by atoms with Crippen LogP contribution in [0.25, 0.3) is 0 Å². The summed E-state index contributed by atoms with van der Waals surface area (Å²) in [5.74, 6) is -1.14. The summed E-state index contributed by atoms with van der Waals surface area (Å²) in [6.07, 6.45) is 5.05. The van der Waals surface area contributed by atoms with E-state index in [1.807, 2.05) is 0 Å². The van der Waals surface area contributed by atoms with E-state index in [1.54, 1.807) is 13.8 Å². The van der Waals surface area contributed by atoms with Gasteiger partial charge in [0.2, 0.25) is 0 Å². The fraction of sp³-hybridized carbons (Fsp3) is 0.857. The summed E-state index contributed by atoms with van der Waals surface area (Å²) in [6, 6.07) is -0.629. The standard InChI is InChI=1S/C14H27N3O3/c1-10(2)12(13(18)19)16-14(20)15-8-9-17(3)11-6-4-5-7-11/h10-12H,4-9H2,1-3H3,(H,18,19)(H2,15,16,20)/t12-/m0/s1. The molecule has 0 saturated heterocycles. The molecule has 1 fully saturated rings. The highest BCUT2D eigenvalue weighted by Crippen LogP contribution is 2.21. The van der Waals surface area contributed by atoms with E-state index in [0.29, 0.717) is 12.6 Å². The summed E-state index contributed by atoms with van der Waals surface area (Å²) in [4.78, 5) is 24.9. The van der Waals surface area contributed by atoms with Crippen molar-refractivity contribution in [3.63, 3.8) is 0 Å². The van der Waals surface area contributed by atoms with Gasteiger partial charge in [0.05, 0.1) is 0 Å². The SMILES string of the molecule is CC(C)[C@H](NC(=O)NCCN(C)C1CCCC1)C(=O)O. The van der Waals surface area contributed by atoms with Crippen molar-refractivity contribution in [1.82, 2.24) is 15.5 Å². The van der Waals surface area contributed by atoms with Crippen LogP contribution in [0.15, 0.2) is 0 Å². The van der Waals surface area contributed by atoms with Crippen molar-refractivity contribution in [1.29, 1.82) is 0 Å². The maximum Gasteiger partial charge on any atom is 0.326 e. The smallest absolute Gasteiger partial charge is 0.326 e. The van der Waals surface area contributed by atoms with Crippen molar-refractivity contribution in [3.05, 3.63) is 0 Å². The molecule has 20 heavy (non-hydrogen) atoms. The summed E-state index contributed by atoms with van der Waals surface area (Å²) in [5, 5.41) is 14.2. The number of nitrogens with one attached hydrogen (secondary N) is 2. The molecule has 0 aliphatic heterocycles. The Morgan fingerprint density at radius 2 is 1.90 bits per heavy atom. The zero-order chi connectivity index (χ0) is 15.1. The number of hydrogen-bond donors (Lipinski definition) is 3. The zero-order valence-corrected chi connectivity index (χ0v) is 12.7. The third kappa shape index (κ3) is 5.36. The van der Waals surface area contributed by atoms with Gasteiger partial charge in [0.1, 0.15) is 6.04 Å². The molecule has 0 heterocycles. The minimum Gasteiger partial charge on any atom is -0.480 e. The number of hydrogen-bond acceptors (Lipinski definition) is 3. The lowest BCUT2D eigenvalue weighted by Crippen LogP contribution is -2.49. The van der Waals surface area contributed by atoms with E-state index in [2.05, 4.69) is 22.6 Å². The predicted octanol–water partition coefficient (Wildman–Crippen LogP) is 1.27. The van der Waals surface area contributed by atoms with Crippen molar-refractivity contribution in [2.45, 2.75) is 51.6 Å². The highest BCUT2D eigenvalue weighted by molar-refractivity contribution is 5.82. The Morgan fingerprint density at radius 3 is 2.40 bits per heavy atom. The lowest BCUT2D eigenvalue weighted by molar-refractivity contribution is -0.140. The topological polar surface area (TPSA) is 81.7 Å². The largest absolute Gasteiger partial charge is 0.480 e. The second-order valence-electron chi connectivity index (χ2n) is 5.88. The van der Waals surface area contributed by atoms with Gasteiger partial charge in [-0.2, -0.15) is 0 Å². The maximum atomic E-state index is 11.7. The van der Waals surface area contributed by atoms with Crippen molar-refractivity contribution in [2.24, 2.45) is 5.92 Å². The van der Waals surface area contributed by atoms with Gasteiger partial charge in [0, 0.05) is 19.1 Å². The van der Waals surface area contributed by atoms with E-state index < -0.39 is 18.0 Å². The van der Waals surface area contributed by atoms with Crippen LogP contribution in [0.3, 0.4) is 0 Å². The van der Waals surface area contributed by atoms with E-state index in [9.17, 15) is 9.59 Å². The van der Waals surface area contributed by atoms with E-state index in [0.717, 1.165) is 6.54 Å². The Kier molecular flexibility index (Phi) is 6.78. The third-order valence-corrected chi connectivity index (χ3v) is 3.92. The molecule has 1 rings (SSSR count). The number of nitrogens with zero attached hydrogens (tertiary/aromatic N) is 1. The fourth-order valence-corrected chi connectivity index (χ4v) is 2.58. The summed E-state index contributed by atoms with van der Waals surface area (Å²) < 4.78 is 0. The molecule has 0 spiro atoms. The Bertz CT molecular complexity index is 328. The number of urea groups is 1. The molecule has 0 bridgehead atoms. The molecule has 2 amide bonds. The second kappa shape index (κ2) is 8.09. The number of likely N-dealkylation sites (N-methyl/N-ethyl adjacent to an activating group) is 1.